The number of rotatable bonds is 6. The molecule has 112 valence electrons. The van der Waals surface area contributed by atoms with Gasteiger partial charge >= 0.3 is 0 Å². The fourth-order valence-corrected chi connectivity index (χ4v) is 3.34. The van der Waals surface area contributed by atoms with Gasteiger partial charge in [-0.25, -0.2) is 8.42 Å². The van der Waals surface area contributed by atoms with Gasteiger partial charge in [0.25, 0.3) is 0 Å². The number of ether oxygens (including phenoxy) is 1. The summed E-state index contributed by atoms with van der Waals surface area (Å²) in [6.07, 6.45) is 1.27. The summed E-state index contributed by atoms with van der Waals surface area (Å²) in [6, 6.07) is 3.50. The molecule has 0 bridgehead atoms. The standard InChI is InChI=1S/C12H17ClN2O4S/c1-4-10(12(14)16)15(20(3,17)18)8-5-6-11(19-2)9(13)7-8/h5-7,10H,4H2,1-3H3,(H2,14,16)/t10-/m1/s1. The van der Waals surface area contributed by atoms with Crippen molar-refractivity contribution in [1.29, 1.82) is 0 Å². The minimum absolute atomic E-state index is 0.248. The first-order valence-corrected chi connectivity index (χ1v) is 8.07. The van der Waals surface area contributed by atoms with Gasteiger partial charge in [0.15, 0.2) is 0 Å². The van der Waals surface area contributed by atoms with E-state index in [1.165, 1.54) is 25.3 Å². The molecule has 0 unspecified atom stereocenters. The first kappa shape index (κ1) is 16.6. The van der Waals surface area contributed by atoms with Crippen molar-refractivity contribution in [3.63, 3.8) is 0 Å². The number of primary amides is 1. The van der Waals surface area contributed by atoms with Gasteiger partial charge in [-0.15, -0.1) is 0 Å². The van der Waals surface area contributed by atoms with Crippen molar-refractivity contribution in [3.8, 4) is 5.75 Å². The number of carbonyl (C=O) groups excluding carboxylic acids is 1. The lowest BCUT2D eigenvalue weighted by Crippen LogP contribution is -2.47. The Kier molecular flexibility index (Phi) is 5.24. The topological polar surface area (TPSA) is 89.7 Å². The van der Waals surface area contributed by atoms with Gasteiger partial charge in [0.05, 0.1) is 24.1 Å². The second-order valence-corrected chi connectivity index (χ2v) is 6.47. The summed E-state index contributed by atoms with van der Waals surface area (Å²) in [5.74, 6) is -0.305. The van der Waals surface area contributed by atoms with E-state index < -0.39 is 22.0 Å². The molecule has 0 aliphatic rings. The van der Waals surface area contributed by atoms with Gasteiger partial charge in [-0.2, -0.15) is 0 Å². The Balaban J connectivity index is 3.39. The number of anilines is 1. The van der Waals surface area contributed by atoms with Crippen LogP contribution in [0.4, 0.5) is 5.69 Å². The SMILES string of the molecule is CC[C@H](C(N)=O)N(c1ccc(OC)c(Cl)c1)S(C)(=O)=O. The lowest BCUT2D eigenvalue weighted by Gasteiger charge is -2.29. The molecule has 0 saturated heterocycles. The van der Waals surface area contributed by atoms with Gasteiger partial charge < -0.3 is 10.5 Å². The first-order valence-electron chi connectivity index (χ1n) is 5.84. The summed E-state index contributed by atoms with van der Waals surface area (Å²) < 4.78 is 29.9. The average Bonchev–Trinajstić information content (AvgIpc) is 2.33. The molecule has 8 heteroatoms. The third-order valence-electron chi connectivity index (χ3n) is 2.75. The molecule has 1 rings (SSSR count). The summed E-state index contributed by atoms with van der Waals surface area (Å²) in [5.41, 5.74) is 5.54. The number of amides is 1. The van der Waals surface area contributed by atoms with Crippen LogP contribution in [0.2, 0.25) is 5.02 Å². The molecule has 20 heavy (non-hydrogen) atoms. The molecular weight excluding hydrogens is 304 g/mol. The van der Waals surface area contributed by atoms with Gasteiger partial charge in [0, 0.05) is 0 Å². The summed E-state index contributed by atoms with van der Waals surface area (Å²) in [5, 5.41) is 0.248. The predicted molar refractivity (Wildman–Crippen MR) is 78.6 cm³/mol. The van der Waals surface area contributed by atoms with E-state index in [9.17, 15) is 13.2 Å². The number of carbonyl (C=O) groups is 1. The van der Waals surface area contributed by atoms with Gasteiger partial charge in [-0.1, -0.05) is 18.5 Å². The molecular formula is C12H17ClN2O4S. The molecule has 6 nitrogen and oxygen atoms in total. The van der Waals surface area contributed by atoms with E-state index >= 15 is 0 Å². The molecule has 1 amide bonds. The smallest absolute Gasteiger partial charge is 0.241 e. The van der Waals surface area contributed by atoms with Crippen LogP contribution in [-0.4, -0.2) is 33.7 Å². The number of methoxy groups -OCH3 is 1. The lowest BCUT2D eigenvalue weighted by molar-refractivity contribution is -0.119. The summed E-state index contributed by atoms with van der Waals surface area (Å²) in [7, 11) is -2.23. The molecule has 0 aliphatic carbocycles. The first-order chi connectivity index (χ1) is 9.22. The normalized spacial score (nSPS) is 12.8. The van der Waals surface area contributed by atoms with E-state index in [1.807, 2.05) is 0 Å². The summed E-state index contributed by atoms with van der Waals surface area (Å²) in [6.45, 7) is 1.68. The summed E-state index contributed by atoms with van der Waals surface area (Å²) in [4.78, 5) is 11.5. The quantitative estimate of drug-likeness (QED) is 0.857. The van der Waals surface area contributed by atoms with Crippen LogP contribution in [0.1, 0.15) is 13.3 Å². The Labute approximate surface area is 123 Å². The maximum atomic E-state index is 11.9. The molecule has 0 heterocycles. The predicted octanol–water partition coefficient (Wildman–Crippen LogP) is 1.38. The highest BCUT2D eigenvalue weighted by atomic mass is 35.5. The highest BCUT2D eigenvalue weighted by Crippen LogP contribution is 2.31. The van der Waals surface area contributed by atoms with Crippen molar-refractivity contribution >= 4 is 33.2 Å². The third kappa shape index (κ3) is 3.55. The van der Waals surface area contributed by atoms with Crippen molar-refractivity contribution < 1.29 is 17.9 Å². The molecule has 1 atom stereocenters. The minimum atomic E-state index is -3.68. The zero-order valence-electron chi connectivity index (χ0n) is 11.5. The van der Waals surface area contributed by atoms with Crippen LogP contribution in [0.5, 0.6) is 5.75 Å². The zero-order chi connectivity index (χ0) is 15.5. The number of hydrogen-bond donors (Lipinski definition) is 1. The third-order valence-corrected chi connectivity index (χ3v) is 4.22. The van der Waals surface area contributed by atoms with Crippen LogP contribution in [0.3, 0.4) is 0 Å². The van der Waals surface area contributed by atoms with Gasteiger partial charge in [0.2, 0.25) is 15.9 Å². The highest BCUT2D eigenvalue weighted by Gasteiger charge is 2.30. The number of benzene rings is 1. The fraction of sp³-hybridized carbons (Fsp3) is 0.417. The molecule has 0 fully saturated rings. The van der Waals surface area contributed by atoms with Crippen LogP contribution in [0, 0.1) is 0 Å². The highest BCUT2D eigenvalue weighted by molar-refractivity contribution is 7.92. The molecule has 0 aromatic heterocycles. The Morgan fingerprint density at radius 1 is 1.50 bits per heavy atom. The maximum absolute atomic E-state index is 11.9. The van der Waals surface area contributed by atoms with E-state index in [4.69, 9.17) is 22.1 Å². The van der Waals surface area contributed by atoms with Crippen molar-refractivity contribution in [1.82, 2.24) is 0 Å². The van der Waals surface area contributed by atoms with E-state index in [1.54, 1.807) is 6.92 Å². The van der Waals surface area contributed by atoms with Crippen LogP contribution < -0.4 is 14.8 Å². The maximum Gasteiger partial charge on any atom is 0.241 e. The molecule has 0 aliphatic heterocycles. The zero-order valence-corrected chi connectivity index (χ0v) is 13.0. The van der Waals surface area contributed by atoms with Crippen molar-refractivity contribution in [2.24, 2.45) is 5.73 Å². The van der Waals surface area contributed by atoms with Gasteiger partial charge in [-0.3, -0.25) is 9.10 Å². The Hall–Kier alpha value is -1.47. The van der Waals surface area contributed by atoms with E-state index in [0.29, 0.717) is 5.75 Å². The van der Waals surface area contributed by atoms with Gasteiger partial charge in [0.1, 0.15) is 11.8 Å². The number of halogens is 1. The van der Waals surface area contributed by atoms with Crippen LogP contribution >= 0.6 is 11.6 Å². The molecule has 1 aromatic rings. The molecule has 0 spiro atoms. The largest absolute Gasteiger partial charge is 0.495 e. The number of hydrogen-bond acceptors (Lipinski definition) is 4. The Morgan fingerprint density at radius 3 is 2.45 bits per heavy atom. The van der Waals surface area contributed by atoms with Crippen molar-refractivity contribution in [2.45, 2.75) is 19.4 Å². The number of nitrogens with two attached hydrogens (primary N) is 1. The number of sulfonamides is 1. The van der Waals surface area contributed by atoms with Crippen LogP contribution in [0.15, 0.2) is 18.2 Å². The second kappa shape index (κ2) is 6.32. The van der Waals surface area contributed by atoms with E-state index in [0.717, 1.165) is 10.6 Å². The molecule has 0 saturated carbocycles. The fourth-order valence-electron chi connectivity index (χ4n) is 1.88. The minimum Gasteiger partial charge on any atom is -0.495 e. The second-order valence-electron chi connectivity index (χ2n) is 4.20. The lowest BCUT2D eigenvalue weighted by atomic mass is 10.2. The number of nitrogens with zero attached hydrogens (tertiary/aromatic N) is 1. The monoisotopic (exact) mass is 320 g/mol. The van der Waals surface area contributed by atoms with Gasteiger partial charge in [-0.05, 0) is 24.6 Å². The van der Waals surface area contributed by atoms with Crippen LogP contribution in [0.25, 0.3) is 0 Å². The van der Waals surface area contributed by atoms with Crippen LogP contribution in [-0.2, 0) is 14.8 Å². The average molecular weight is 321 g/mol. The summed E-state index contributed by atoms with van der Waals surface area (Å²) >= 11 is 5.99. The van der Waals surface area contributed by atoms with E-state index in [-0.39, 0.29) is 17.1 Å². The van der Waals surface area contributed by atoms with E-state index in [2.05, 4.69) is 0 Å². The molecule has 0 radical (unpaired) electrons. The Morgan fingerprint density at radius 2 is 2.10 bits per heavy atom. The Bertz CT molecular complexity index is 603. The van der Waals surface area contributed by atoms with Crippen molar-refractivity contribution in [3.05, 3.63) is 23.2 Å². The van der Waals surface area contributed by atoms with Crippen molar-refractivity contribution in [2.75, 3.05) is 17.7 Å². The molecule has 1 aromatic carbocycles. The molecule has 2 N–H and O–H groups in total.